The Hall–Kier alpha value is -0.700. The second-order valence-electron chi connectivity index (χ2n) is 2.32. The molecule has 0 amide bonds. The van der Waals surface area contributed by atoms with Crippen molar-refractivity contribution in [2.75, 3.05) is 7.05 Å². The van der Waals surface area contributed by atoms with Gasteiger partial charge >= 0.3 is 0 Å². The molecule has 3 heteroatoms. The Labute approximate surface area is 80.2 Å². The first kappa shape index (κ1) is 11.3. The van der Waals surface area contributed by atoms with Crippen LogP contribution in [-0.2, 0) is 0 Å². The average molecular weight is 184 g/mol. The van der Waals surface area contributed by atoms with Crippen LogP contribution in [0.3, 0.4) is 0 Å². The fourth-order valence-electron chi connectivity index (χ4n) is 0.890. The number of rotatable bonds is 4. The monoisotopic (exact) mass is 184 g/mol. The third kappa shape index (κ3) is 3.13. The van der Waals surface area contributed by atoms with E-state index in [1.165, 1.54) is 0 Å². The molecule has 0 spiro atoms. The van der Waals surface area contributed by atoms with Crippen molar-refractivity contribution in [3.63, 3.8) is 0 Å². The van der Waals surface area contributed by atoms with Crippen molar-refractivity contribution in [2.45, 2.75) is 20.3 Å². The summed E-state index contributed by atoms with van der Waals surface area (Å²) >= 11 is 4.19. The molecule has 2 nitrogen and oxygen atoms in total. The maximum absolute atomic E-state index is 4.20. The van der Waals surface area contributed by atoms with Gasteiger partial charge in [-0.2, -0.15) is 0 Å². The molecule has 68 valence electrons. The van der Waals surface area contributed by atoms with Gasteiger partial charge < -0.3 is 4.31 Å². The highest BCUT2D eigenvalue weighted by molar-refractivity contribution is 7.77. The molecule has 0 saturated carbocycles. The van der Waals surface area contributed by atoms with Crippen molar-refractivity contribution in [2.24, 2.45) is 4.99 Å². The highest BCUT2D eigenvalue weighted by atomic mass is 32.1. The van der Waals surface area contributed by atoms with Crippen LogP contribution in [0.1, 0.15) is 20.3 Å². The molecule has 0 aromatic rings. The molecular weight excluding hydrogens is 168 g/mol. The van der Waals surface area contributed by atoms with Crippen molar-refractivity contribution in [1.29, 1.82) is 0 Å². The Morgan fingerprint density at radius 2 is 2.25 bits per heavy atom. The van der Waals surface area contributed by atoms with E-state index in [1.54, 1.807) is 10.5 Å². The van der Waals surface area contributed by atoms with Crippen LogP contribution in [0.2, 0.25) is 0 Å². The zero-order valence-corrected chi connectivity index (χ0v) is 8.80. The summed E-state index contributed by atoms with van der Waals surface area (Å²) in [5.41, 5.74) is 1.10. The first-order valence-corrected chi connectivity index (χ1v) is 4.34. The second-order valence-corrected chi connectivity index (χ2v) is 2.92. The number of thiol groups is 1. The lowest BCUT2D eigenvalue weighted by atomic mass is 10.2. The van der Waals surface area contributed by atoms with Gasteiger partial charge in [-0.25, -0.2) is 4.99 Å². The quantitative estimate of drug-likeness (QED) is 0.403. The van der Waals surface area contributed by atoms with Crippen LogP contribution in [0.4, 0.5) is 0 Å². The molecule has 0 atom stereocenters. The van der Waals surface area contributed by atoms with Crippen molar-refractivity contribution in [3.05, 3.63) is 24.0 Å². The van der Waals surface area contributed by atoms with Crippen LogP contribution in [0, 0.1) is 0 Å². The minimum Gasteiger partial charge on any atom is -0.306 e. The Morgan fingerprint density at radius 1 is 1.67 bits per heavy atom. The van der Waals surface area contributed by atoms with Gasteiger partial charge in [-0.3, -0.25) is 0 Å². The summed E-state index contributed by atoms with van der Waals surface area (Å²) in [7, 11) is 1.85. The molecular formula is C9H16N2S. The predicted molar refractivity (Wildman–Crippen MR) is 58.4 cm³/mol. The molecule has 0 saturated heterocycles. The summed E-state index contributed by atoms with van der Waals surface area (Å²) < 4.78 is 1.69. The second kappa shape index (κ2) is 5.89. The molecule has 0 aliphatic rings. The zero-order chi connectivity index (χ0) is 9.56. The van der Waals surface area contributed by atoms with E-state index in [1.807, 2.05) is 20.0 Å². The van der Waals surface area contributed by atoms with Crippen LogP contribution in [0.15, 0.2) is 29.0 Å². The zero-order valence-electron chi connectivity index (χ0n) is 7.91. The van der Waals surface area contributed by atoms with E-state index in [9.17, 15) is 0 Å². The maximum Gasteiger partial charge on any atom is 0.140 e. The van der Waals surface area contributed by atoms with Crippen LogP contribution >= 0.6 is 12.8 Å². The molecule has 0 aliphatic heterocycles. The highest BCUT2D eigenvalue weighted by Gasteiger charge is 2.02. The van der Waals surface area contributed by atoms with Gasteiger partial charge in [0.2, 0.25) is 0 Å². The lowest BCUT2D eigenvalue weighted by molar-refractivity contribution is 0.686. The lowest BCUT2D eigenvalue weighted by Crippen LogP contribution is -2.05. The van der Waals surface area contributed by atoms with Crippen molar-refractivity contribution in [3.8, 4) is 0 Å². The lowest BCUT2D eigenvalue weighted by Gasteiger charge is -2.13. The Bertz CT molecular complexity index is 205. The predicted octanol–water partition coefficient (Wildman–Crippen LogP) is 2.66. The van der Waals surface area contributed by atoms with Crippen molar-refractivity contribution in [1.82, 2.24) is 4.31 Å². The van der Waals surface area contributed by atoms with Gasteiger partial charge in [0, 0.05) is 13.3 Å². The summed E-state index contributed by atoms with van der Waals surface area (Å²) in [4.78, 5) is 4.20. The third-order valence-corrected chi connectivity index (χ3v) is 1.66. The highest BCUT2D eigenvalue weighted by Crippen LogP contribution is 2.15. The van der Waals surface area contributed by atoms with E-state index in [0.717, 1.165) is 17.8 Å². The molecule has 0 heterocycles. The number of allylic oxidation sites excluding steroid dienone is 2. The summed E-state index contributed by atoms with van der Waals surface area (Å²) in [5.74, 6) is 0.860. The number of hydrogen-bond donors (Lipinski definition) is 1. The number of hydrogen-bond acceptors (Lipinski definition) is 3. The summed E-state index contributed by atoms with van der Waals surface area (Å²) in [6.07, 6.45) is 4.48. The molecule has 12 heavy (non-hydrogen) atoms. The van der Waals surface area contributed by atoms with Gasteiger partial charge in [-0.15, -0.1) is 0 Å². The van der Waals surface area contributed by atoms with Gasteiger partial charge in [0.1, 0.15) is 5.82 Å². The van der Waals surface area contributed by atoms with E-state index < -0.39 is 0 Å². The van der Waals surface area contributed by atoms with Crippen LogP contribution < -0.4 is 0 Å². The van der Waals surface area contributed by atoms with E-state index in [-0.39, 0.29) is 0 Å². The Kier molecular flexibility index (Phi) is 5.54. The summed E-state index contributed by atoms with van der Waals surface area (Å²) in [6.45, 7) is 7.68. The molecule has 0 aromatic carbocycles. The summed E-state index contributed by atoms with van der Waals surface area (Å²) in [6, 6.07) is 0. The summed E-state index contributed by atoms with van der Waals surface area (Å²) in [5, 5.41) is 0. The molecule has 0 bridgehead atoms. The van der Waals surface area contributed by atoms with Gasteiger partial charge in [0.15, 0.2) is 0 Å². The standard InChI is InChI=1S/C9H16N2S/c1-5-8(6-2)9(10-7-3)11(4)12/h5,7,12H,1,6H2,2-4H3/b9-8+,10-7-. The van der Waals surface area contributed by atoms with Gasteiger partial charge in [-0.05, 0) is 18.9 Å². The third-order valence-electron chi connectivity index (χ3n) is 1.47. The van der Waals surface area contributed by atoms with E-state index in [4.69, 9.17) is 0 Å². The number of nitrogens with zero attached hydrogens (tertiary/aromatic N) is 2. The Morgan fingerprint density at radius 3 is 2.50 bits per heavy atom. The van der Waals surface area contributed by atoms with Crippen molar-refractivity contribution >= 4 is 19.0 Å². The first-order valence-electron chi connectivity index (χ1n) is 3.94. The minimum absolute atomic E-state index is 0.860. The average Bonchev–Trinajstić information content (AvgIpc) is 2.05. The van der Waals surface area contributed by atoms with E-state index in [0.29, 0.717) is 0 Å². The molecule has 0 aliphatic carbocycles. The van der Waals surface area contributed by atoms with Crippen LogP contribution in [-0.4, -0.2) is 17.6 Å². The smallest absolute Gasteiger partial charge is 0.140 e. The van der Waals surface area contributed by atoms with Crippen LogP contribution in [0.25, 0.3) is 0 Å². The normalized spacial score (nSPS) is 13.0. The largest absolute Gasteiger partial charge is 0.306 e. The van der Waals surface area contributed by atoms with Gasteiger partial charge in [0.25, 0.3) is 0 Å². The Balaban J connectivity index is 4.88. The fraction of sp³-hybridized carbons (Fsp3) is 0.444. The fourth-order valence-corrected chi connectivity index (χ4v) is 1.07. The molecule has 0 fully saturated rings. The topological polar surface area (TPSA) is 15.6 Å². The molecule has 0 aromatic heterocycles. The molecule has 0 rings (SSSR count). The van der Waals surface area contributed by atoms with Crippen molar-refractivity contribution < 1.29 is 0 Å². The van der Waals surface area contributed by atoms with Gasteiger partial charge in [0.05, 0.1) is 0 Å². The van der Waals surface area contributed by atoms with Crippen LogP contribution in [0.5, 0.6) is 0 Å². The maximum atomic E-state index is 4.20. The van der Waals surface area contributed by atoms with Gasteiger partial charge in [-0.1, -0.05) is 32.4 Å². The molecule has 0 N–H and O–H groups in total. The molecule has 0 radical (unpaired) electrons. The SMILES string of the molecule is C=C/C(CC)=C(/N=C\C)N(C)S. The van der Waals surface area contributed by atoms with E-state index in [2.05, 4.69) is 31.3 Å². The number of aliphatic imine (C=N–C) groups is 1. The minimum atomic E-state index is 0.860. The first-order chi connectivity index (χ1) is 5.67. The molecule has 0 unspecified atom stereocenters. The van der Waals surface area contributed by atoms with E-state index >= 15 is 0 Å².